The van der Waals surface area contributed by atoms with Crippen molar-refractivity contribution >= 4 is 21.6 Å². The molecule has 0 spiro atoms. The van der Waals surface area contributed by atoms with E-state index in [1.54, 1.807) is 17.0 Å². The lowest BCUT2D eigenvalue weighted by atomic mass is 9.95. The van der Waals surface area contributed by atoms with Crippen LogP contribution < -0.4 is 4.72 Å². The number of benzene rings is 2. The van der Waals surface area contributed by atoms with Crippen LogP contribution in [0.25, 0.3) is 0 Å². The lowest BCUT2D eigenvalue weighted by Crippen LogP contribution is -2.48. The molecule has 2 atom stereocenters. The average Bonchev–Trinajstić information content (AvgIpc) is 2.80. The monoisotopic (exact) mass is 489 g/mol. The highest BCUT2D eigenvalue weighted by Crippen LogP contribution is 2.24. The SMILES string of the molecule is CC1CN(CC2CCN(C(=O)c3cccc(S(=O)(=O)Nc4ccccc4F)c3)CC2)CC(C)O1. The first kappa shape index (κ1) is 24.6. The van der Waals surface area contributed by atoms with Crippen molar-refractivity contribution in [3.8, 4) is 0 Å². The van der Waals surface area contributed by atoms with Crippen LogP contribution >= 0.6 is 0 Å². The van der Waals surface area contributed by atoms with Crippen molar-refractivity contribution in [2.24, 2.45) is 5.92 Å². The maximum atomic E-state index is 13.9. The molecule has 0 radical (unpaired) electrons. The van der Waals surface area contributed by atoms with Gasteiger partial charge in [-0.15, -0.1) is 0 Å². The number of halogens is 1. The molecule has 7 nitrogen and oxygen atoms in total. The summed E-state index contributed by atoms with van der Waals surface area (Å²) < 4.78 is 47.5. The summed E-state index contributed by atoms with van der Waals surface area (Å²) >= 11 is 0. The van der Waals surface area contributed by atoms with Gasteiger partial charge in [-0.1, -0.05) is 18.2 Å². The Hall–Kier alpha value is -2.49. The number of rotatable bonds is 6. The molecule has 0 saturated carbocycles. The molecule has 0 bridgehead atoms. The van der Waals surface area contributed by atoms with E-state index in [1.807, 2.05) is 0 Å². The van der Waals surface area contributed by atoms with Crippen LogP contribution in [0.4, 0.5) is 10.1 Å². The Bertz CT molecular complexity index is 1110. The van der Waals surface area contributed by atoms with Crippen molar-refractivity contribution in [1.29, 1.82) is 0 Å². The van der Waals surface area contributed by atoms with E-state index in [0.29, 0.717) is 24.6 Å². The molecule has 0 aliphatic carbocycles. The van der Waals surface area contributed by atoms with Crippen LogP contribution in [0.1, 0.15) is 37.0 Å². The number of morpholine rings is 1. The highest BCUT2D eigenvalue weighted by molar-refractivity contribution is 7.92. The zero-order valence-corrected chi connectivity index (χ0v) is 20.4. The number of amides is 1. The summed E-state index contributed by atoms with van der Waals surface area (Å²) in [7, 11) is -4.03. The number of piperidine rings is 1. The normalized spacial score (nSPS) is 22.5. The molecular weight excluding hydrogens is 457 g/mol. The second-order valence-corrected chi connectivity index (χ2v) is 11.0. The smallest absolute Gasteiger partial charge is 0.262 e. The van der Waals surface area contributed by atoms with E-state index in [1.165, 1.54) is 36.4 Å². The van der Waals surface area contributed by atoms with E-state index in [4.69, 9.17) is 4.74 Å². The fraction of sp³-hybridized carbons (Fsp3) is 0.480. The maximum absolute atomic E-state index is 13.9. The van der Waals surface area contributed by atoms with Crippen molar-refractivity contribution < 1.29 is 22.3 Å². The van der Waals surface area contributed by atoms with E-state index in [2.05, 4.69) is 23.5 Å². The van der Waals surface area contributed by atoms with Crippen LogP contribution in [0, 0.1) is 11.7 Å². The Balaban J connectivity index is 1.37. The van der Waals surface area contributed by atoms with Gasteiger partial charge in [-0.05, 0) is 62.9 Å². The summed E-state index contributed by atoms with van der Waals surface area (Å²) in [6, 6.07) is 11.5. The molecule has 1 N–H and O–H groups in total. The van der Waals surface area contributed by atoms with Gasteiger partial charge in [0.25, 0.3) is 15.9 Å². The van der Waals surface area contributed by atoms with Crippen LogP contribution in [0.3, 0.4) is 0 Å². The Kier molecular flexibility index (Phi) is 7.54. The topological polar surface area (TPSA) is 79.0 Å². The molecular formula is C25H32FN3O4S. The van der Waals surface area contributed by atoms with Gasteiger partial charge in [0.15, 0.2) is 0 Å². The third-order valence-corrected chi connectivity index (χ3v) is 7.79. The van der Waals surface area contributed by atoms with Gasteiger partial charge in [-0.3, -0.25) is 14.4 Å². The number of likely N-dealkylation sites (tertiary alicyclic amines) is 1. The largest absolute Gasteiger partial charge is 0.373 e. The zero-order chi connectivity index (χ0) is 24.3. The molecule has 9 heteroatoms. The van der Waals surface area contributed by atoms with Crippen LogP contribution in [-0.4, -0.2) is 69.1 Å². The predicted molar refractivity (Wildman–Crippen MR) is 129 cm³/mol. The second kappa shape index (κ2) is 10.4. The molecule has 2 fully saturated rings. The summed E-state index contributed by atoms with van der Waals surface area (Å²) in [4.78, 5) is 17.3. The number of hydrogen-bond acceptors (Lipinski definition) is 5. The molecule has 2 saturated heterocycles. The van der Waals surface area contributed by atoms with E-state index < -0.39 is 15.8 Å². The number of nitrogens with one attached hydrogen (secondary N) is 1. The molecule has 2 aromatic rings. The number of para-hydroxylation sites is 1. The molecule has 2 unspecified atom stereocenters. The third-order valence-electron chi connectivity index (χ3n) is 6.42. The number of carbonyl (C=O) groups excluding carboxylic acids is 1. The molecule has 2 aliphatic rings. The van der Waals surface area contributed by atoms with Gasteiger partial charge in [0.1, 0.15) is 5.82 Å². The summed E-state index contributed by atoms with van der Waals surface area (Å²) in [6.07, 6.45) is 2.31. The molecule has 184 valence electrons. The Morgan fingerprint density at radius 3 is 2.41 bits per heavy atom. The molecule has 0 aromatic heterocycles. The van der Waals surface area contributed by atoms with E-state index >= 15 is 0 Å². The molecule has 2 aromatic carbocycles. The van der Waals surface area contributed by atoms with E-state index in [9.17, 15) is 17.6 Å². The minimum Gasteiger partial charge on any atom is -0.373 e. The fourth-order valence-corrected chi connectivity index (χ4v) is 5.96. The Labute approximate surface area is 200 Å². The quantitative estimate of drug-likeness (QED) is 0.671. The molecule has 2 aliphatic heterocycles. The fourth-order valence-electron chi connectivity index (χ4n) is 4.84. The standard InChI is InChI=1S/C25H32FN3O4S/c1-18-15-28(16-19(2)33-18)17-20-10-12-29(13-11-20)25(30)21-6-5-7-22(14-21)34(31,32)27-24-9-4-3-8-23(24)26/h3-9,14,18-20,27H,10-13,15-17H2,1-2H3. The van der Waals surface area contributed by atoms with Crippen molar-refractivity contribution in [3.63, 3.8) is 0 Å². The molecule has 1 amide bonds. The van der Waals surface area contributed by atoms with Crippen LogP contribution in [0.5, 0.6) is 0 Å². The average molecular weight is 490 g/mol. The maximum Gasteiger partial charge on any atom is 0.262 e. The van der Waals surface area contributed by atoms with E-state index in [-0.39, 0.29) is 28.7 Å². The number of carbonyl (C=O) groups is 1. The van der Waals surface area contributed by atoms with Crippen LogP contribution in [-0.2, 0) is 14.8 Å². The predicted octanol–water partition coefficient (Wildman–Crippen LogP) is 3.59. The van der Waals surface area contributed by atoms with Crippen molar-refractivity contribution in [2.45, 2.75) is 43.8 Å². The molecule has 2 heterocycles. The third kappa shape index (κ3) is 5.95. The van der Waals surface area contributed by atoms with Crippen molar-refractivity contribution in [1.82, 2.24) is 9.80 Å². The Morgan fingerprint density at radius 1 is 1.06 bits per heavy atom. The molecule has 34 heavy (non-hydrogen) atoms. The lowest BCUT2D eigenvalue weighted by molar-refractivity contribution is -0.0728. The molecule has 4 rings (SSSR count). The lowest BCUT2D eigenvalue weighted by Gasteiger charge is -2.39. The minimum atomic E-state index is -4.03. The number of anilines is 1. The summed E-state index contributed by atoms with van der Waals surface area (Å²) in [5.74, 6) is -0.324. The number of sulfonamides is 1. The Morgan fingerprint density at radius 2 is 1.74 bits per heavy atom. The van der Waals surface area contributed by atoms with Gasteiger partial charge >= 0.3 is 0 Å². The zero-order valence-electron chi connectivity index (χ0n) is 19.6. The highest BCUT2D eigenvalue weighted by atomic mass is 32.2. The summed E-state index contributed by atoms with van der Waals surface area (Å²) in [5, 5.41) is 0. The first-order valence-corrected chi connectivity index (χ1v) is 13.2. The van der Waals surface area contributed by atoms with Gasteiger partial charge < -0.3 is 9.64 Å². The van der Waals surface area contributed by atoms with Crippen molar-refractivity contribution in [2.75, 3.05) is 37.4 Å². The number of ether oxygens (including phenoxy) is 1. The van der Waals surface area contributed by atoms with Crippen LogP contribution in [0.2, 0.25) is 0 Å². The van der Waals surface area contributed by atoms with Gasteiger partial charge in [-0.2, -0.15) is 0 Å². The highest BCUT2D eigenvalue weighted by Gasteiger charge is 2.29. The summed E-state index contributed by atoms with van der Waals surface area (Å²) in [5.41, 5.74) is 0.177. The minimum absolute atomic E-state index is 0.0768. The number of hydrogen-bond donors (Lipinski definition) is 1. The van der Waals surface area contributed by atoms with Gasteiger partial charge in [0, 0.05) is 38.3 Å². The number of nitrogens with zero attached hydrogens (tertiary/aromatic N) is 2. The second-order valence-electron chi connectivity index (χ2n) is 9.32. The first-order valence-electron chi connectivity index (χ1n) is 11.8. The first-order chi connectivity index (χ1) is 16.2. The van der Waals surface area contributed by atoms with Crippen molar-refractivity contribution in [3.05, 3.63) is 59.9 Å². The van der Waals surface area contributed by atoms with Gasteiger partial charge in [0.05, 0.1) is 22.8 Å². The van der Waals surface area contributed by atoms with Crippen LogP contribution in [0.15, 0.2) is 53.4 Å². The van der Waals surface area contributed by atoms with Gasteiger partial charge in [-0.25, -0.2) is 12.8 Å². The van der Waals surface area contributed by atoms with Gasteiger partial charge in [0.2, 0.25) is 0 Å². The summed E-state index contributed by atoms with van der Waals surface area (Å²) in [6.45, 7) is 8.37. The van der Waals surface area contributed by atoms with E-state index in [0.717, 1.165) is 32.5 Å².